The molecule has 2 N–H and O–H groups in total. The third-order valence-corrected chi connectivity index (χ3v) is 12.8. The van der Waals surface area contributed by atoms with E-state index in [9.17, 15) is 37.1 Å². The van der Waals surface area contributed by atoms with Crippen LogP contribution in [0.25, 0.3) is 0 Å². The van der Waals surface area contributed by atoms with E-state index in [4.69, 9.17) is 10.00 Å². The highest BCUT2D eigenvalue weighted by Crippen LogP contribution is 2.56. The normalized spacial score (nSPS) is 24.1. The number of benzene rings is 3. The van der Waals surface area contributed by atoms with Gasteiger partial charge < -0.3 is 15.0 Å². The Kier molecular flexibility index (Phi) is 9.42. The minimum absolute atomic E-state index is 0.00683. The number of imide groups is 2. The molecule has 302 valence electrons. The predicted octanol–water partition coefficient (Wildman–Crippen LogP) is 5.57. The maximum absolute atomic E-state index is 13.6. The van der Waals surface area contributed by atoms with E-state index in [-0.39, 0.29) is 30.5 Å². The number of fused-ring (bicyclic) bond motifs is 2. The molecule has 8 rings (SSSR count). The van der Waals surface area contributed by atoms with Crippen LogP contribution in [-0.4, -0.2) is 76.7 Å². The number of hydrogen-bond acceptors (Lipinski definition) is 9. The van der Waals surface area contributed by atoms with Gasteiger partial charge in [0.05, 0.1) is 28.3 Å². The topological polar surface area (TPSA) is 152 Å². The molecular formula is C43H43F3N6O6. The second kappa shape index (κ2) is 14.0. The zero-order valence-electron chi connectivity index (χ0n) is 32.5. The van der Waals surface area contributed by atoms with E-state index in [1.54, 1.807) is 30.3 Å². The van der Waals surface area contributed by atoms with Crippen LogP contribution in [0.3, 0.4) is 0 Å². The first kappa shape index (κ1) is 39.1. The number of ether oxygens (including phenoxy) is 1. The lowest BCUT2D eigenvalue weighted by molar-refractivity contribution is -0.164. The lowest BCUT2D eigenvalue weighted by Gasteiger charge is -2.63. The molecule has 3 aromatic carbocycles. The monoisotopic (exact) mass is 796 g/mol. The molecule has 3 fully saturated rings. The van der Waals surface area contributed by atoms with Gasteiger partial charge in [-0.25, -0.2) is 0 Å². The highest BCUT2D eigenvalue weighted by molar-refractivity contribution is 6.23. The van der Waals surface area contributed by atoms with Gasteiger partial charge in [-0.1, -0.05) is 27.7 Å². The average Bonchev–Trinajstić information content (AvgIpc) is 3.71. The maximum atomic E-state index is 13.6. The number of carbonyl (C=O) groups is 5. The molecule has 1 atom stereocenters. The summed E-state index contributed by atoms with van der Waals surface area (Å²) in [5.41, 5.74) is 1.27. The minimum atomic E-state index is -4.71. The van der Waals surface area contributed by atoms with Crippen molar-refractivity contribution in [1.82, 2.24) is 20.4 Å². The van der Waals surface area contributed by atoms with Gasteiger partial charge in [0.25, 0.3) is 17.7 Å². The average molecular weight is 797 g/mol. The van der Waals surface area contributed by atoms with E-state index in [1.165, 1.54) is 6.07 Å². The summed E-state index contributed by atoms with van der Waals surface area (Å²) < 4.78 is 46.9. The van der Waals surface area contributed by atoms with Gasteiger partial charge in [-0.3, -0.25) is 39.1 Å². The summed E-state index contributed by atoms with van der Waals surface area (Å²) in [7, 11) is 0. The van der Waals surface area contributed by atoms with Crippen molar-refractivity contribution < 1.29 is 41.9 Å². The smallest absolute Gasteiger partial charge is 0.417 e. The van der Waals surface area contributed by atoms with Gasteiger partial charge >= 0.3 is 6.18 Å². The number of anilines is 1. The van der Waals surface area contributed by atoms with E-state index in [0.717, 1.165) is 59.8 Å². The fourth-order valence-electron chi connectivity index (χ4n) is 10.0. The number of hydrogen-bond donors (Lipinski definition) is 2. The standard InChI is InChI=1S/C43H43F3N6O6/c1-41(2)39(42(3,4)40(41)58-29-10-7-24(20-47)32(19-29)43(44,45)46)49-35(54)23-5-8-27(9-6-23)50-15-13-28(14-16-50)51-21-25-17-30-31(18-26(25)22-51)38(57)52(37(30)56)33-11-12-34(53)48-36(33)55/h5-10,17-19,28,33,39-40H,11-16,21-22H2,1-4H3,(H,49,54)(H,48,53,55)/t33?,39-,40-. The van der Waals surface area contributed by atoms with Gasteiger partial charge in [0, 0.05) is 66.8 Å². The molecule has 3 aromatic rings. The second-order valence-electron chi connectivity index (χ2n) is 17.1. The van der Waals surface area contributed by atoms with E-state index in [0.29, 0.717) is 35.8 Å². The third-order valence-electron chi connectivity index (χ3n) is 12.8. The predicted molar refractivity (Wildman–Crippen MR) is 203 cm³/mol. The molecule has 4 heterocycles. The van der Waals surface area contributed by atoms with Crippen molar-refractivity contribution in [2.24, 2.45) is 10.8 Å². The molecule has 1 saturated carbocycles. The third kappa shape index (κ3) is 6.57. The molecule has 2 saturated heterocycles. The van der Waals surface area contributed by atoms with Gasteiger partial charge in [-0.15, -0.1) is 0 Å². The van der Waals surface area contributed by atoms with Crippen LogP contribution in [0.15, 0.2) is 54.6 Å². The minimum Gasteiger partial charge on any atom is -0.489 e. The Bertz CT molecular complexity index is 2230. The quantitative estimate of drug-likeness (QED) is 0.292. The number of nitriles is 1. The summed E-state index contributed by atoms with van der Waals surface area (Å²) in [6.07, 6.45) is -3.25. The van der Waals surface area contributed by atoms with Crippen LogP contribution < -0.4 is 20.3 Å². The fourth-order valence-corrected chi connectivity index (χ4v) is 10.0. The van der Waals surface area contributed by atoms with Crippen LogP contribution in [0.5, 0.6) is 5.75 Å². The Morgan fingerprint density at radius 1 is 0.879 bits per heavy atom. The highest BCUT2D eigenvalue weighted by atomic mass is 19.4. The van der Waals surface area contributed by atoms with Crippen LogP contribution >= 0.6 is 0 Å². The molecule has 58 heavy (non-hydrogen) atoms. The number of nitrogens with one attached hydrogen (secondary N) is 2. The van der Waals surface area contributed by atoms with Crippen molar-refractivity contribution >= 4 is 35.2 Å². The zero-order valence-corrected chi connectivity index (χ0v) is 32.5. The Morgan fingerprint density at radius 2 is 1.48 bits per heavy atom. The zero-order chi connectivity index (χ0) is 41.5. The number of carbonyl (C=O) groups excluding carboxylic acids is 5. The largest absolute Gasteiger partial charge is 0.489 e. The molecule has 0 aromatic heterocycles. The summed E-state index contributed by atoms with van der Waals surface area (Å²) >= 11 is 0. The molecule has 1 unspecified atom stereocenters. The van der Waals surface area contributed by atoms with Crippen LogP contribution in [-0.2, 0) is 28.9 Å². The van der Waals surface area contributed by atoms with Crippen molar-refractivity contribution in [3.8, 4) is 11.8 Å². The lowest BCUT2D eigenvalue weighted by Crippen LogP contribution is -2.74. The number of nitrogens with zero attached hydrogens (tertiary/aromatic N) is 4. The summed E-state index contributed by atoms with van der Waals surface area (Å²) in [4.78, 5) is 69.9. The maximum Gasteiger partial charge on any atom is 0.417 e. The SMILES string of the molecule is CC1(C)[C@H](NC(=O)c2ccc(N3CCC(N4Cc5cc6c(cc5C4)C(=O)N(C4CCC(=O)NC4=O)C6=O)CC3)cc2)C(C)(C)[C@H]1Oc1ccc(C#N)c(C(F)(F)F)c1. The number of amides is 5. The molecule has 5 amide bonds. The molecule has 0 radical (unpaired) electrons. The molecular weight excluding hydrogens is 754 g/mol. The molecule has 1 aliphatic carbocycles. The first-order valence-electron chi connectivity index (χ1n) is 19.4. The van der Waals surface area contributed by atoms with Crippen LogP contribution in [0.1, 0.15) is 107 Å². The van der Waals surface area contributed by atoms with Crippen molar-refractivity contribution in [3.63, 3.8) is 0 Å². The van der Waals surface area contributed by atoms with Crippen LogP contribution in [0.4, 0.5) is 18.9 Å². The first-order valence-corrected chi connectivity index (χ1v) is 19.4. The second-order valence-corrected chi connectivity index (χ2v) is 17.1. The molecule has 0 spiro atoms. The van der Waals surface area contributed by atoms with Gasteiger partial charge in [-0.2, -0.15) is 18.4 Å². The Hall–Kier alpha value is -5.75. The number of rotatable bonds is 7. The van der Waals surface area contributed by atoms with Crippen molar-refractivity contribution in [3.05, 3.63) is 93.5 Å². The summed E-state index contributed by atoms with van der Waals surface area (Å²) in [5, 5.41) is 14.5. The van der Waals surface area contributed by atoms with Gasteiger partial charge in [0.2, 0.25) is 11.8 Å². The Balaban J connectivity index is 0.849. The number of piperidine rings is 2. The van der Waals surface area contributed by atoms with Gasteiger partial charge in [0.1, 0.15) is 17.9 Å². The van der Waals surface area contributed by atoms with E-state index >= 15 is 0 Å². The van der Waals surface area contributed by atoms with Crippen molar-refractivity contribution in [1.29, 1.82) is 5.26 Å². The van der Waals surface area contributed by atoms with Gasteiger partial charge in [-0.05, 0) is 85.0 Å². The van der Waals surface area contributed by atoms with Crippen LogP contribution in [0, 0.1) is 22.2 Å². The summed E-state index contributed by atoms with van der Waals surface area (Å²) in [6, 6.07) is 14.9. The molecule has 0 bridgehead atoms. The first-order chi connectivity index (χ1) is 27.4. The molecule has 5 aliphatic rings. The molecule has 4 aliphatic heterocycles. The lowest BCUT2D eigenvalue weighted by atomic mass is 9.49. The van der Waals surface area contributed by atoms with E-state index in [2.05, 4.69) is 20.4 Å². The summed E-state index contributed by atoms with van der Waals surface area (Å²) in [6.45, 7) is 10.5. The Labute approximate surface area is 333 Å². The van der Waals surface area contributed by atoms with Crippen molar-refractivity contribution in [2.45, 2.75) is 96.9 Å². The number of alkyl halides is 3. The molecule has 15 heteroatoms. The van der Waals surface area contributed by atoms with E-state index in [1.807, 2.05) is 39.8 Å². The van der Waals surface area contributed by atoms with E-state index < -0.39 is 63.9 Å². The Morgan fingerprint density at radius 3 is 2.03 bits per heavy atom. The summed E-state index contributed by atoms with van der Waals surface area (Å²) in [5.74, 6) is -2.30. The molecule has 12 nitrogen and oxygen atoms in total. The van der Waals surface area contributed by atoms with Crippen LogP contribution in [0.2, 0.25) is 0 Å². The van der Waals surface area contributed by atoms with Crippen molar-refractivity contribution in [2.75, 3.05) is 18.0 Å². The highest BCUT2D eigenvalue weighted by Gasteiger charge is 2.64. The van der Waals surface area contributed by atoms with Gasteiger partial charge in [0.15, 0.2) is 0 Å². The fraction of sp³-hybridized carbons (Fsp3) is 0.442. The number of halogens is 3.